The quantitative estimate of drug-likeness (QED) is 0.470. The van der Waals surface area contributed by atoms with Crippen molar-refractivity contribution in [2.45, 2.75) is 6.54 Å². The second kappa shape index (κ2) is 9.66. The van der Waals surface area contributed by atoms with Gasteiger partial charge in [0.15, 0.2) is 6.61 Å². The number of halogens is 2. The zero-order valence-electron chi connectivity index (χ0n) is 15.2. The average molecular weight is 414 g/mol. The Hall–Kier alpha value is -3.45. The Morgan fingerprint density at radius 2 is 2.00 bits per heavy atom. The van der Waals surface area contributed by atoms with Gasteiger partial charge in [-0.25, -0.2) is 9.18 Å². The predicted molar refractivity (Wildman–Crippen MR) is 108 cm³/mol. The standard InChI is InChI=1S/C21H17ClFN3O3/c22-17-7-8-19(18(23)10-17)25-20(27)14-29-21(28)9-6-16-11-24-26(13-16)12-15-4-2-1-3-5-15/h1-11,13H,12,14H2,(H,25,27)/b9-6+. The number of anilines is 1. The Bertz CT molecular complexity index is 1030. The number of nitrogens with zero attached hydrogens (tertiary/aromatic N) is 2. The molecule has 0 bridgehead atoms. The minimum atomic E-state index is -0.701. The number of benzene rings is 2. The van der Waals surface area contributed by atoms with Gasteiger partial charge in [-0.3, -0.25) is 9.48 Å². The van der Waals surface area contributed by atoms with Crippen LogP contribution in [0.15, 0.2) is 67.0 Å². The molecule has 0 fully saturated rings. The maximum absolute atomic E-state index is 13.6. The molecule has 0 aliphatic rings. The summed E-state index contributed by atoms with van der Waals surface area (Å²) in [6.07, 6.45) is 6.13. The maximum atomic E-state index is 13.6. The van der Waals surface area contributed by atoms with Gasteiger partial charge in [-0.1, -0.05) is 41.9 Å². The van der Waals surface area contributed by atoms with E-state index in [4.69, 9.17) is 16.3 Å². The lowest BCUT2D eigenvalue weighted by Gasteiger charge is -2.06. The summed E-state index contributed by atoms with van der Waals surface area (Å²) in [5.41, 5.74) is 1.77. The van der Waals surface area contributed by atoms with Crippen LogP contribution in [0.3, 0.4) is 0 Å². The van der Waals surface area contributed by atoms with Crippen LogP contribution in [0.1, 0.15) is 11.1 Å². The van der Waals surface area contributed by atoms with Crippen LogP contribution in [-0.2, 0) is 20.9 Å². The molecule has 0 unspecified atom stereocenters. The van der Waals surface area contributed by atoms with Crippen molar-refractivity contribution in [1.82, 2.24) is 9.78 Å². The maximum Gasteiger partial charge on any atom is 0.331 e. The average Bonchev–Trinajstić information content (AvgIpc) is 3.15. The van der Waals surface area contributed by atoms with E-state index in [-0.39, 0.29) is 10.7 Å². The molecular formula is C21H17ClFN3O3. The minimum Gasteiger partial charge on any atom is -0.452 e. The first-order chi connectivity index (χ1) is 14.0. The Morgan fingerprint density at radius 3 is 2.76 bits per heavy atom. The fourth-order valence-corrected chi connectivity index (χ4v) is 2.61. The van der Waals surface area contributed by atoms with Crippen LogP contribution in [0.2, 0.25) is 5.02 Å². The molecule has 1 N–H and O–H groups in total. The van der Waals surface area contributed by atoms with Crippen molar-refractivity contribution >= 4 is 35.2 Å². The SMILES string of the molecule is O=C(COC(=O)/C=C/c1cnn(Cc2ccccc2)c1)Nc1ccc(Cl)cc1F. The molecule has 1 heterocycles. The number of aromatic nitrogens is 2. The molecule has 6 nitrogen and oxygen atoms in total. The summed E-state index contributed by atoms with van der Waals surface area (Å²) < 4.78 is 20.2. The number of hydrogen-bond donors (Lipinski definition) is 1. The van der Waals surface area contributed by atoms with Gasteiger partial charge in [0, 0.05) is 22.9 Å². The van der Waals surface area contributed by atoms with Crippen LogP contribution < -0.4 is 5.32 Å². The fraction of sp³-hybridized carbons (Fsp3) is 0.0952. The van der Waals surface area contributed by atoms with E-state index in [9.17, 15) is 14.0 Å². The summed E-state index contributed by atoms with van der Waals surface area (Å²) in [5.74, 6) is -2.04. The Labute approximate surface area is 171 Å². The van der Waals surface area contributed by atoms with Crippen molar-refractivity contribution in [2.75, 3.05) is 11.9 Å². The third-order valence-electron chi connectivity index (χ3n) is 3.80. The van der Waals surface area contributed by atoms with E-state index in [1.165, 1.54) is 24.3 Å². The van der Waals surface area contributed by atoms with E-state index in [1.807, 2.05) is 30.3 Å². The molecule has 3 aromatic rings. The van der Waals surface area contributed by atoms with Gasteiger partial charge < -0.3 is 10.1 Å². The van der Waals surface area contributed by atoms with Gasteiger partial charge in [0.2, 0.25) is 0 Å². The van der Waals surface area contributed by atoms with Gasteiger partial charge in [0.05, 0.1) is 18.4 Å². The summed E-state index contributed by atoms with van der Waals surface area (Å²) in [6, 6.07) is 13.7. The molecular weight excluding hydrogens is 397 g/mol. The number of rotatable bonds is 7. The van der Waals surface area contributed by atoms with E-state index in [1.54, 1.807) is 17.1 Å². The fourth-order valence-electron chi connectivity index (χ4n) is 2.45. The number of nitrogens with one attached hydrogen (secondary N) is 1. The lowest BCUT2D eigenvalue weighted by Crippen LogP contribution is -2.20. The van der Waals surface area contributed by atoms with Crippen molar-refractivity contribution in [3.05, 3.63) is 89.0 Å². The van der Waals surface area contributed by atoms with E-state index in [0.29, 0.717) is 12.1 Å². The first kappa shape index (κ1) is 20.3. The number of amides is 1. The zero-order valence-corrected chi connectivity index (χ0v) is 16.0. The van der Waals surface area contributed by atoms with Crippen molar-refractivity contribution in [3.63, 3.8) is 0 Å². The summed E-state index contributed by atoms with van der Waals surface area (Å²) in [4.78, 5) is 23.6. The second-order valence-corrected chi connectivity index (χ2v) is 6.51. The predicted octanol–water partition coefficient (Wildman–Crippen LogP) is 3.92. The highest BCUT2D eigenvalue weighted by Crippen LogP contribution is 2.18. The Kier molecular flexibility index (Phi) is 6.76. The largest absolute Gasteiger partial charge is 0.452 e. The zero-order chi connectivity index (χ0) is 20.6. The van der Waals surface area contributed by atoms with Gasteiger partial charge in [0.1, 0.15) is 5.82 Å². The summed E-state index contributed by atoms with van der Waals surface area (Å²) >= 11 is 5.65. The third kappa shape index (κ3) is 6.29. The van der Waals surface area contributed by atoms with E-state index >= 15 is 0 Å². The molecule has 0 spiro atoms. The molecule has 3 rings (SSSR count). The first-order valence-electron chi connectivity index (χ1n) is 8.66. The number of carbonyl (C=O) groups excluding carboxylic acids is 2. The molecule has 0 aliphatic heterocycles. The molecule has 0 saturated carbocycles. The number of hydrogen-bond acceptors (Lipinski definition) is 4. The first-order valence-corrected chi connectivity index (χ1v) is 9.03. The van der Waals surface area contributed by atoms with Crippen molar-refractivity contribution in [1.29, 1.82) is 0 Å². The molecule has 0 aliphatic carbocycles. The third-order valence-corrected chi connectivity index (χ3v) is 4.04. The van der Waals surface area contributed by atoms with Gasteiger partial charge in [0.25, 0.3) is 5.91 Å². The minimum absolute atomic E-state index is 0.0446. The van der Waals surface area contributed by atoms with Crippen LogP contribution in [-0.4, -0.2) is 28.3 Å². The molecule has 0 radical (unpaired) electrons. The van der Waals surface area contributed by atoms with Crippen LogP contribution in [0.25, 0.3) is 6.08 Å². The Balaban J connectivity index is 1.46. The lowest BCUT2D eigenvalue weighted by molar-refractivity contribution is -0.142. The van der Waals surface area contributed by atoms with Crippen molar-refractivity contribution in [3.8, 4) is 0 Å². The number of carbonyl (C=O) groups is 2. The van der Waals surface area contributed by atoms with Crippen LogP contribution in [0.4, 0.5) is 10.1 Å². The van der Waals surface area contributed by atoms with Crippen LogP contribution in [0.5, 0.6) is 0 Å². The van der Waals surface area contributed by atoms with E-state index in [0.717, 1.165) is 11.6 Å². The number of ether oxygens (including phenoxy) is 1. The highest BCUT2D eigenvalue weighted by atomic mass is 35.5. The molecule has 0 saturated heterocycles. The summed E-state index contributed by atoms with van der Waals surface area (Å²) in [7, 11) is 0. The highest BCUT2D eigenvalue weighted by Gasteiger charge is 2.09. The molecule has 148 valence electrons. The highest BCUT2D eigenvalue weighted by molar-refractivity contribution is 6.30. The summed E-state index contributed by atoms with van der Waals surface area (Å²) in [6.45, 7) is 0.0685. The van der Waals surface area contributed by atoms with E-state index in [2.05, 4.69) is 10.4 Å². The van der Waals surface area contributed by atoms with Gasteiger partial charge in [-0.2, -0.15) is 5.10 Å². The van der Waals surface area contributed by atoms with Gasteiger partial charge in [-0.15, -0.1) is 0 Å². The van der Waals surface area contributed by atoms with Gasteiger partial charge >= 0.3 is 5.97 Å². The van der Waals surface area contributed by atoms with Crippen molar-refractivity contribution in [2.24, 2.45) is 0 Å². The molecule has 1 aromatic heterocycles. The second-order valence-electron chi connectivity index (χ2n) is 6.07. The monoisotopic (exact) mass is 413 g/mol. The molecule has 0 atom stereocenters. The molecule has 8 heteroatoms. The Morgan fingerprint density at radius 1 is 1.21 bits per heavy atom. The molecule has 2 aromatic carbocycles. The normalized spacial score (nSPS) is 10.8. The van der Waals surface area contributed by atoms with Crippen molar-refractivity contribution < 1.29 is 18.7 Å². The van der Waals surface area contributed by atoms with Gasteiger partial charge in [-0.05, 0) is 29.8 Å². The lowest BCUT2D eigenvalue weighted by atomic mass is 10.2. The van der Waals surface area contributed by atoms with Crippen LogP contribution in [0, 0.1) is 5.82 Å². The summed E-state index contributed by atoms with van der Waals surface area (Å²) in [5, 5.41) is 6.75. The molecule has 1 amide bonds. The smallest absolute Gasteiger partial charge is 0.331 e. The number of esters is 1. The topological polar surface area (TPSA) is 73.2 Å². The van der Waals surface area contributed by atoms with Crippen LogP contribution >= 0.6 is 11.6 Å². The van der Waals surface area contributed by atoms with E-state index < -0.39 is 24.3 Å². The molecule has 29 heavy (non-hydrogen) atoms.